The van der Waals surface area contributed by atoms with Crippen molar-refractivity contribution in [1.82, 2.24) is 15.0 Å². The molecule has 6 nitrogen and oxygen atoms in total. The summed E-state index contributed by atoms with van der Waals surface area (Å²) in [6.45, 7) is 7.58. The molecule has 0 bridgehead atoms. The molecule has 6 heteroatoms. The zero-order valence-corrected chi connectivity index (χ0v) is 13.5. The van der Waals surface area contributed by atoms with E-state index < -0.39 is 0 Å². The Hall–Kier alpha value is -1.40. The standard InChI is InChI=1S/C15H27N5O/c1-5-21-10-15-17-13(16-4)9-14(18-15)19-20-11(2)7-6-8-12(20)3/h9,11-12H,5-8,10H2,1-4H3,(H2,16,17,18,19). The Morgan fingerprint density at radius 1 is 1.24 bits per heavy atom. The Balaban J connectivity index is 2.13. The van der Waals surface area contributed by atoms with Gasteiger partial charge in [-0.25, -0.2) is 15.0 Å². The van der Waals surface area contributed by atoms with E-state index in [4.69, 9.17) is 4.74 Å². The third-order valence-electron chi connectivity index (χ3n) is 3.90. The van der Waals surface area contributed by atoms with Crippen LogP contribution in [0.25, 0.3) is 0 Å². The van der Waals surface area contributed by atoms with Crippen LogP contribution in [-0.4, -0.2) is 40.7 Å². The number of piperidine rings is 1. The van der Waals surface area contributed by atoms with E-state index in [1.54, 1.807) is 0 Å². The predicted molar refractivity (Wildman–Crippen MR) is 85.1 cm³/mol. The number of nitrogens with zero attached hydrogens (tertiary/aromatic N) is 3. The van der Waals surface area contributed by atoms with Crippen molar-refractivity contribution in [3.63, 3.8) is 0 Å². The summed E-state index contributed by atoms with van der Waals surface area (Å²) in [6.07, 6.45) is 3.72. The zero-order valence-electron chi connectivity index (χ0n) is 13.5. The Kier molecular flexibility index (Phi) is 5.76. The summed E-state index contributed by atoms with van der Waals surface area (Å²) in [4.78, 5) is 8.97. The number of hydrogen-bond donors (Lipinski definition) is 2. The molecule has 2 heterocycles. The highest BCUT2D eigenvalue weighted by atomic mass is 16.5. The summed E-state index contributed by atoms with van der Waals surface area (Å²) in [5.41, 5.74) is 3.46. The lowest BCUT2D eigenvalue weighted by Crippen LogP contribution is -2.47. The van der Waals surface area contributed by atoms with Crippen LogP contribution in [0.3, 0.4) is 0 Å². The van der Waals surface area contributed by atoms with Crippen LogP contribution in [0.15, 0.2) is 6.07 Å². The molecule has 1 fully saturated rings. The normalized spacial score (nSPS) is 23.0. The van der Waals surface area contributed by atoms with E-state index in [0.717, 1.165) is 11.6 Å². The molecule has 1 aliphatic rings. The molecule has 1 aliphatic heterocycles. The van der Waals surface area contributed by atoms with Crippen molar-refractivity contribution in [3.05, 3.63) is 11.9 Å². The molecule has 2 unspecified atom stereocenters. The summed E-state index contributed by atoms with van der Waals surface area (Å²) >= 11 is 0. The van der Waals surface area contributed by atoms with Crippen molar-refractivity contribution < 1.29 is 4.74 Å². The third-order valence-corrected chi connectivity index (χ3v) is 3.90. The first-order chi connectivity index (χ1) is 10.1. The SMILES string of the molecule is CCOCc1nc(NC)cc(NN2C(C)CCCC2C)n1. The predicted octanol–water partition coefficient (Wildman–Crippen LogP) is 2.64. The maximum absolute atomic E-state index is 5.41. The van der Waals surface area contributed by atoms with Crippen molar-refractivity contribution in [2.24, 2.45) is 0 Å². The first-order valence-corrected chi connectivity index (χ1v) is 7.82. The van der Waals surface area contributed by atoms with Crippen LogP contribution < -0.4 is 10.7 Å². The Morgan fingerprint density at radius 2 is 1.90 bits per heavy atom. The van der Waals surface area contributed by atoms with Crippen molar-refractivity contribution in [1.29, 1.82) is 0 Å². The van der Waals surface area contributed by atoms with Crippen LogP contribution >= 0.6 is 0 Å². The number of aromatic nitrogens is 2. The second-order valence-corrected chi connectivity index (χ2v) is 5.59. The summed E-state index contributed by atoms with van der Waals surface area (Å²) in [6, 6.07) is 2.96. The summed E-state index contributed by atoms with van der Waals surface area (Å²) in [5.74, 6) is 2.33. The highest BCUT2D eigenvalue weighted by Crippen LogP contribution is 2.23. The van der Waals surface area contributed by atoms with Gasteiger partial charge in [-0.15, -0.1) is 0 Å². The largest absolute Gasteiger partial charge is 0.374 e. The molecule has 2 rings (SSSR count). The molecule has 118 valence electrons. The van der Waals surface area contributed by atoms with Gasteiger partial charge >= 0.3 is 0 Å². The minimum Gasteiger partial charge on any atom is -0.374 e. The fraction of sp³-hybridized carbons (Fsp3) is 0.733. The number of hydrazine groups is 1. The van der Waals surface area contributed by atoms with E-state index in [1.165, 1.54) is 19.3 Å². The molecule has 21 heavy (non-hydrogen) atoms. The van der Waals surface area contributed by atoms with Crippen molar-refractivity contribution in [2.45, 2.75) is 58.7 Å². The fourth-order valence-electron chi connectivity index (χ4n) is 2.71. The molecule has 0 amide bonds. The fourth-order valence-corrected chi connectivity index (χ4v) is 2.71. The molecular formula is C15H27N5O. The van der Waals surface area contributed by atoms with Crippen molar-refractivity contribution in [2.75, 3.05) is 24.4 Å². The van der Waals surface area contributed by atoms with Gasteiger partial charge in [0.15, 0.2) is 5.82 Å². The first-order valence-electron chi connectivity index (χ1n) is 7.82. The monoisotopic (exact) mass is 293 g/mol. The van der Waals surface area contributed by atoms with Gasteiger partial charge in [0.05, 0.1) is 0 Å². The number of rotatable bonds is 6. The molecule has 1 saturated heterocycles. The molecule has 0 aromatic carbocycles. The quantitative estimate of drug-likeness (QED) is 0.841. The molecule has 1 aromatic rings. The first kappa shape index (κ1) is 16.0. The van der Waals surface area contributed by atoms with Crippen LogP contribution in [0, 0.1) is 0 Å². The number of anilines is 2. The molecule has 2 N–H and O–H groups in total. The lowest BCUT2D eigenvalue weighted by Gasteiger charge is -2.39. The minimum atomic E-state index is 0.436. The van der Waals surface area contributed by atoms with Crippen molar-refractivity contribution in [3.8, 4) is 0 Å². The van der Waals surface area contributed by atoms with Crippen molar-refractivity contribution >= 4 is 11.6 Å². The highest BCUT2D eigenvalue weighted by Gasteiger charge is 2.25. The zero-order chi connectivity index (χ0) is 15.2. The molecule has 0 radical (unpaired) electrons. The summed E-state index contributed by atoms with van der Waals surface area (Å²) in [7, 11) is 1.86. The van der Waals surface area contributed by atoms with Gasteiger partial charge in [-0.05, 0) is 33.6 Å². The van der Waals surface area contributed by atoms with Gasteiger partial charge in [-0.3, -0.25) is 0 Å². The number of ether oxygens (including phenoxy) is 1. The van der Waals surface area contributed by atoms with E-state index in [9.17, 15) is 0 Å². The summed E-state index contributed by atoms with van der Waals surface area (Å²) < 4.78 is 5.41. The molecular weight excluding hydrogens is 266 g/mol. The molecule has 2 atom stereocenters. The average molecular weight is 293 g/mol. The highest BCUT2D eigenvalue weighted by molar-refractivity contribution is 5.46. The maximum atomic E-state index is 5.41. The van der Waals surface area contributed by atoms with Gasteiger partial charge < -0.3 is 15.5 Å². The molecule has 0 aliphatic carbocycles. The van der Waals surface area contributed by atoms with E-state index >= 15 is 0 Å². The lowest BCUT2D eigenvalue weighted by molar-refractivity contribution is 0.127. The van der Waals surface area contributed by atoms with Gasteiger partial charge in [-0.1, -0.05) is 6.42 Å². The number of hydrogen-bond acceptors (Lipinski definition) is 6. The van der Waals surface area contributed by atoms with Crippen LogP contribution in [-0.2, 0) is 11.3 Å². The van der Waals surface area contributed by atoms with Crippen LogP contribution in [0.1, 0.15) is 45.9 Å². The van der Waals surface area contributed by atoms with Gasteiger partial charge in [0.1, 0.15) is 18.2 Å². The lowest BCUT2D eigenvalue weighted by atomic mass is 10.00. The Morgan fingerprint density at radius 3 is 2.52 bits per heavy atom. The number of nitrogens with one attached hydrogen (secondary N) is 2. The molecule has 1 aromatic heterocycles. The molecule has 0 saturated carbocycles. The van der Waals surface area contributed by atoms with Gasteiger partial charge in [-0.2, -0.15) is 0 Å². The second-order valence-electron chi connectivity index (χ2n) is 5.59. The Labute approximate surface area is 127 Å². The minimum absolute atomic E-state index is 0.436. The third kappa shape index (κ3) is 4.28. The second kappa shape index (κ2) is 7.56. The van der Waals surface area contributed by atoms with E-state index in [0.29, 0.717) is 31.1 Å². The van der Waals surface area contributed by atoms with Crippen LogP contribution in [0.4, 0.5) is 11.6 Å². The Bertz CT molecular complexity index is 444. The van der Waals surface area contributed by atoms with Crippen LogP contribution in [0.2, 0.25) is 0 Å². The maximum Gasteiger partial charge on any atom is 0.158 e. The van der Waals surface area contributed by atoms with E-state index in [1.807, 2.05) is 20.0 Å². The average Bonchev–Trinajstić information content (AvgIpc) is 2.49. The molecule has 0 spiro atoms. The summed E-state index contributed by atoms with van der Waals surface area (Å²) in [5, 5.41) is 5.38. The van der Waals surface area contributed by atoms with Gasteiger partial charge in [0, 0.05) is 31.8 Å². The topological polar surface area (TPSA) is 62.3 Å². The van der Waals surface area contributed by atoms with Gasteiger partial charge in [0.2, 0.25) is 0 Å². The smallest absolute Gasteiger partial charge is 0.158 e. The van der Waals surface area contributed by atoms with Crippen LogP contribution in [0.5, 0.6) is 0 Å². The van der Waals surface area contributed by atoms with Gasteiger partial charge in [0.25, 0.3) is 0 Å². The van der Waals surface area contributed by atoms with E-state index in [-0.39, 0.29) is 0 Å². The van der Waals surface area contributed by atoms with E-state index in [2.05, 4.69) is 39.6 Å².